The molecule has 3 heteroatoms. The van der Waals surface area contributed by atoms with Crippen LogP contribution in [-0.2, 0) is 4.74 Å². The summed E-state index contributed by atoms with van der Waals surface area (Å²) in [4.78, 5) is 2.54. The second-order valence-corrected chi connectivity index (χ2v) is 5.47. The van der Waals surface area contributed by atoms with Crippen LogP contribution in [0.15, 0.2) is 0 Å². The molecule has 16 heavy (non-hydrogen) atoms. The van der Waals surface area contributed by atoms with Crippen LogP contribution in [0, 0.1) is 0 Å². The zero-order valence-corrected chi connectivity index (χ0v) is 11.5. The summed E-state index contributed by atoms with van der Waals surface area (Å²) in [7, 11) is 0. The lowest BCUT2D eigenvalue weighted by Crippen LogP contribution is -2.61. The average Bonchev–Trinajstić information content (AvgIpc) is 2.16. The van der Waals surface area contributed by atoms with E-state index in [1.807, 2.05) is 0 Å². The van der Waals surface area contributed by atoms with Crippen molar-refractivity contribution in [2.24, 2.45) is 5.73 Å². The van der Waals surface area contributed by atoms with E-state index in [-0.39, 0.29) is 5.54 Å². The molecule has 2 N–H and O–H groups in total. The molecule has 1 aliphatic rings. The Bertz CT molecular complexity index is 208. The van der Waals surface area contributed by atoms with Crippen LogP contribution in [0.5, 0.6) is 0 Å². The van der Waals surface area contributed by atoms with Gasteiger partial charge in [0, 0.05) is 18.1 Å². The van der Waals surface area contributed by atoms with Gasteiger partial charge in [-0.15, -0.1) is 0 Å². The van der Waals surface area contributed by atoms with Gasteiger partial charge in [-0.25, -0.2) is 0 Å². The maximum absolute atomic E-state index is 6.08. The van der Waals surface area contributed by atoms with Crippen LogP contribution in [0.3, 0.4) is 0 Å². The van der Waals surface area contributed by atoms with Gasteiger partial charge in [0.2, 0.25) is 0 Å². The molecule has 0 bridgehead atoms. The van der Waals surface area contributed by atoms with Gasteiger partial charge in [-0.1, -0.05) is 6.92 Å². The Morgan fingerprint density at radius 1 is 1.31 bits per heavy atom. The SMILES string of the molecule is CCN(C(C)C)C1(CN)CC(C)OC(C)C1. The summed E-state index contributed by atoms with van der Waals surface area (Å²) >= 11 is 0. The zero-order valence-electron chi connectivity index (χ0n) is 11.5. The van der Waals surface area contributed by atoms with Crippen molar-refractivity contribution >= 4 is 0 Å². The van der Waals surface area contributed by atoms with Gasteiger partial charge < -0.3 is 10.5 Å². The molecule has 1 rings (SSSR count). The predicted molar refractivity (Wildman–Crippen MR) is 68.5 cm³/mol. The monoisotopic (exact) mass is 228 g/mol. The van der Waals surface area contributed by atoms with E-state index in [2.05, 4.69) is 39.5 Å². The standard InChI is InChI=1S/C13H28N2O/c1-6-15(10(2)3)13(9-14)7-11(4)16-12(5)8-13/h10-12H,6-9,14H2,1-5H3. The quantitative estimate of drug-likeness (QED) is 0.800. The van der Waals surface area contributed by atoms with Crippen LogP contribution in [0.4, 0.5) is 0 Å². The lowest BCUT2D eigenvalue weighted by Gasteiger charge is -2.51. The van der Waals surface area contributed by atoms with Gasteiger partial charge in [0.05, 0.1) is 12.2 Å². The van der Waals surface area contributed by atoms with E-state index in [0.29, 0.717) is 18.2 Å². The molecule has 96 valence electrons. The summed E-state index contributed by atoms with van der Waals surface area (Å²) in [6.07, 6.45) is 2.75. The molecule has 1 saturated heterocycles. The minimum atomic E-state index is 0.139. The maximum Gasteiger partial charge on any atom is 0.0568 e. The van der Waals surface area contributed by atoms with E-state index in [4.69, 9.17) is 10.5 Å². The Balaban J connectivity index is 2.89. The first-order chi connectivity index (χ1) is 7.45. The molecule has 0 aliphatic carbocycles. The fourth-order valence-corrected chi connectivity index (χ4v) is 3.41. The number of hydrogen-bond acceptors (Lipinski definition) is 3. The summed E-state index contributed by atoms with van der Waals surface area (Å²) < 4.78 is 5.84. The number of ether oxygens (including phenoxy) is 1. The first-order valence-electron chi connectivity index (χ1n) is 6.57. The third kappa shape index (κ3) is 2.76. The van der Waals surface area contributed by atoms with Crippen LogP contribution in [0.25, 0.3) is 0 Å². The van der Waals surface area contributed by atoms with Gasteiger partial charge in [0.15, 0.2) is 0 Å². The molecule has 0 radical (unpaired) electrons. The molecule has 1 fully saturated rings. The molecule has 3 nitrogen and oxygen atoms in total. The third-order valence-electron chi connectivity index (χ3n) is 3.75. The van der Waals surface area contributed by atoms with Gasteiger partial charge in [-0.3, -0.25) is 4.90 Å². The fourth-order valence-electron chi connectivity index (χ4n) is 3.41. The largest absolute Gasteiger partial charge is 0.375 e. The molecule has 0 amide bonds. The normalized spacial score (nSPS) is 36.0. The Morgan fingerprint density at radius 3 is 2.12 bits per heavy atom. The number of likely N-dealkylation sites (N-methyl/N-ethyl adjacent to an activating group) is 1. The third-order valence-corrected chi connectivity index (χ3v) is 3.75. The smallest absolute Gasteiger partial charge is 0.0568 e. The maximum atomic E-state index is 6.08. The Labute approximate surface area is 100 Å². The molecular formula is C13H28N2O. The molecule has 1 heterocycles. The van der Waals surface area contributed by atoms with Gasteiger partial charge in [-0.2, -0.15) is 0 Å². The second kappa shape index (κ2) is 5.48. The summed E-state index contributed by atoms with van der Waals surface area (Å²) in [6, 6.07) is 0.547. The Kier molecular flexibility index (Phi) is 4.77. The van der Waals surface area contributed by atoms with Crippen molar-refractivity contribution in [3.63, 3.8) is 0 Å². The number of nitrogens with zero attached hydrogens (tertiary/aromatic N) is 1. The van der Waals surface area contributed by atoms with Crippen LogP contribution in [-0.4, -0.2) is 41.8 Å². The average molecular weight is 228 g/mol. The number of nitrogens with two attached hydrogens (primary N) is 1. The van der Waals surface area contributed by atoms with Gasteiger partial charge in [0.25, 0.3) is 0 Å². The van der Waals surface area contributed by atoms with Crippen molar-refractivity contribution in [3.8, 4) is 0 Å². The molecule has 0 aromatic carbocycles. The van der Waals surface area contributed by atoms with Crippen LogP contribution >= 0.6 is 0 Å². The highest BCUT2D eigenvalue weighted by Gasteiger charge is 2.42. The summed E-state index contributed by atoms with van der Waals surface area (Å²) in [5.74, 6) is 0. The zero-order chi connectivity index (χ0) is 12.3. The van der Waals surface area contributed by atoms with Crippen LogP contribution in [0.2, 0.25) is 0 Å². The summed E-state index contributed by atoms with van der Waals surface area (Å²) in [6.45, 7) is 12.9. The topological polar surface area (TPSA) is 38.5 Å². The molecular weight excluding hydrogens is 200 g/mol. The summed E-state index contributed by atoms with van der Waals surface area (Å²) in [5.41, 5.74) is 6.22. The van der Waals surface area contributed by atoms with E-state index in [0.717, 1.165) is 25.9 Å². The van der Waals surface area contributed by atoms with E-state index in [9.17, 15) is 0 Å². The van der Waals surface area contributed by atoms with Crippen molar-refractivity contribution < 1.29 is 4.74 Å². The van der Waals surface area contributed by atoms with Crippen LogP contribution < -0.4 is 5.73 Å². The van der Waals surface area contributed by atoms with Crippen molar-refractivity contribution in [1.82, 2.24) is 4.90 Å². The first kappa shape index (κ1) is 13.9. The van der Waals surface area contributed by atoms with E-state index < -0.39 is 0 Å². The van der Waals surface area contributed by atoms with Gasteiger partial charge in [0.1, 0.15) is 0 Å². The van der Waals surface area contributed by atoms with Crippen molar-refractivity contribution in [2.45, 2.75) is 71.2 Å². The predicted octanol–water partition coefficient (Wildman–Crippen LogP) is 2.00. The molecule has 1 aliphatic heterocycles. The first-order valence-corrected chi connectivity index (χ1v) is 6.57. The Hall–Kier alpha value is -0.120. The number of hydrogen-bond donors (Lipinski definition) is 1. The summed E-state index contributed by atoms with van der Waals surface area (Å²) in [5, 5.41) is 0. The van der Waals surface area contributed by atoms with Crippen LogP contribution in [0.1, 0.15) is 47.5 Å². The fraction of sp³-hybridized carbons (Fsp3) is 1.00. The lowest BCUT2D eigenvalue weighted by atomic mass is 9.81. The van der Waals surface area contributed by atoms with E-state index in [1.54, 1.807) is 0 Å². The Morgan fingerprint density at radius 2 is 1.81 bits per heavy atom. The van der Waals surface area contributed by atoms with Crippen molar-refractivity contribution in [3.05, 3.63) is 0 Å². The van der Waals surface area contributed by atoms with Gasteiger partial charge >= 0.3 is 0 Å². The highest BCUT2D eigenvalue weighted by molar-refractivity contribution is 4.98. The highest BCUT2D eigenvalue weighted by atomic mass is 16.5. The molecule has 0 spiro atoms. The minimum Gasteiger partial charge on any atom is -0.375 e. The molecule has 2 atom stereocenters. The molecule has 0 aromatic rings. The van der Waals surface area contributed by atoms with Crippen molar-refractivity contribution in [2.75, 3.05) is 13.1 Å². The van der Waals surface area contributed by atoms with Gasteiger partial charge in [-0.05, 0) is 47.1 Å². The van der Waals surface area contributed by atoms with Crippen molar-refractivity contribution in [1.29, 1.82) is 0 Å². The minimum absolute atomic E-state index is 0.139. The second-order valence-electron chi connectivity index (χ2n) is 5.47. The molecule has 0 saturated carbocycles. The highest BCUT2D eigenvalue weighted by Crippen LogP contribution is 2.34. The number of rotatable bonds is 4. The lowest BCUT2D eigenvalue weighted by molar-refractivity contribution is -0.109. The molecule has 0 aromatic heterocycles. The molecule has 2 unspecified atom stereocenters. The van der Waals surface area contributed by atoms with E-state index in [1.165, 1.54) is 0 Å². The van der Waals surface area contributed by atoms with E-state index >= 15 is 0 Å².